The van der Waals surface area contributed by atoms with Crippen molar-refractivity contribution in [2.75, 3.05) is 27.1 Å². The number of aliphatic hydroxyl groups is 3. The third-order valence-electron chi connectivity index (χ3n) is 4.87. The van der Waals surface area contributed by atoms with Gasteiger partial charge in [-0.05, 0) is 41.0 Å². The van der Waals surface area contributed by atoms with Gasteiger partial charge in [-0.1, -0.05) is 24.3 Å². The molecule has 0 unspecified atom stereocenters. The number of nitrogens with zero attached hydrogens (tertiary/aromatic N) is 1. The summed E-state index contributed by atoms with van der Waals surface area (Å²) in [6.45, 7) is 1.16. The monoisotopic (exact) mass is 413 g/mol. The van der Waals surface area contributed by atoms with Crippen LogP contribution in [-0.4, -0.2) is 52.4 Å². The first-order valence-corrected chi connectivity index (χ1v) is 9.66. The van der Waals surface area contributed by atoms with Gasteiger partial charge >= 0.3 is 0 Å². The molecule has 0 atom stereocenters. The molecule has 0 spiro atoms. The van der Waals surface area contributed by atoms with Crippen LogP contribution in [0, 0.1) is 0 Å². The van der Waals surface area contributed by atoms with Crippen molar-refractivity contribution >= 4 is 12.2 Å². The van der Waals surface area contributed by atoms with Crippen molar-refractivity contribution in [2.24, 2.45) is 0 Å². The maximum absolute atomic E-state index is 10.2. The molecule has 0 saturated heterocycles. The van der Waals surface area contributed by atoms with Gasteiger partial charge in [0.05, 0.1) is 26.9 Å². The Morgan fingerprint density at radius 2 is 1.80 bits per heavy atom. The predicted molar refractivity (Wildman–Crippen MR) is 114 cm³/mol. The van der Waals surface area contributed by atoms with Crippen molar-refractivity contribution in [1.29, 1.82) is 0 Å². The maximum Gasteiger partial charge on any atom is 0.161 e. The largest absolute Gasteiger partial charge is 0.504 e. The fourth-order valence-corrected chi connectivity index (χ4v) is 3.53. The smallest absolute Gasteiger partial charge is 0.161 e. The summed E-state index contributed by atoms with van der Waals surface area (Å²) in [4.78, 5) is 2.07. The van der Waals surface area contributed by atoms with E-state index < -0.39 is 0 Å². The van der Waals surface area contributed by atoms with Gasteiger partial charge in [0.1, 0.15) is 12.5 Å². The molecule has 2 aromatic carbocycles. The highest BCUT2D eigenvalue weighted by molar-refractivity contribution is 5.60. The molecule has 0 saturated carbocycles. The molecule has 0 radical (unpaired) electrons. The van der Waals surface area contributed by atoms with Crippen LogP contribution in [0.25, 0.3) is 12.2 Å². The minimum Gasteiger partial charge on any atom is -0.504 e. The molecule has 30 heavy (non-hydrogen) atoms. The van der Waals surface area contributed by atoms with E-state index in [0.717, 1.165) is 22.3 Å². The summed E-state index contributed by atoms with van der Waals surface area (Å²) in [7, 11) is 1.49. The summed E-state index contributed by atoms with van der Waals surface area (Å²) in [5.41, 5.74) is 4.23. The van der Waals surface area contributed by atoms with Gasteiger partial charge in [-0.25, -0.2) is 0 Å². The Bertz CT molecular complexity index is 938. The van der Waals surface area contributed by atoms with Crippen molar-refractivity contribution in [3.63, 3.8) is 0 Å². The highest BCUT2D eigenvalue weighted by atomic mass is 16.5. The summed E-state index contributed by atoms with van der Waals surface area (Å²) < 4.78 is 11.1. The van der Waals surface area contributed by atoms with Crippen LogP contribution < -0.4 is 9.47 Å². The third kappa shape index (κ3) is 5.01. The lowest BCUT2D eigenvalue weighted by atomic mass is 10.0. The molecule has 4 N–H and O–H groups in total. The van der Waals surface area contributed by atoms with Gasteiger partial charge in [0.25, 0.3) is 0 Å². The second-order valence-electron chi connectivity index (χ2n) is 6.98. The molecule has 160 valence electrons. The van der Waals surface area contributed by atoms with Gasteiger partial charge in [0.2, 0.25) is 0 Å². The van der Waals surface area contributed by atoms with Gasteiger partial charge in [-0.15, -0.1) is 0 Å². The summed E-state index contributed by atoms with van der Waals surface area (Å²) in [5, 5.41) is 38.1. The lowest BCUT2D eigenvalue weighted by molar-refractivity contribution is 0.0858. The lowest BCUT2D eigenvalue weighted by Gasteiger charge is -2.31. The number of phenols is 1. The molecule has 0 bridgehead atoms. The van der Waals surface area contributed by atoms with Crippen LogP contribution in [0.15, 0.2) is 36.4 Å². The van der Waals surface area contributed by atoms with Crippen LogP contribution in [0.5, 0.6) is 17.2 Å². The fraction of sp³-hybridized carbons (Fsp3) is 0.304. The standard InChI is InChI=1S/C23H27NO6/c1-29-22-11-17(5-3-7-26)18(10-21(22)28)12-24-13-19-8-16(4-2-6-25)9-20(14-27)23(19)30-15-24/h2-5,8-11,25-28H,6-7,12-15H2,1H3/b4-2+,5-3+. The lowest BCUT2D eigenvalue weighted by Crippen LogP contribution is -2.32. The first kappa shape index (κ1) is 21.9. The number of benzene rings is 2. The van der Waals surface area contributed by atoms with Crippen LogP contribution >= 0.6 is 0 Å². The van der Waals surface area contributed by atoms with Crippen LogP contribution in [-0.2, 0) is 19.7 Å². The molecule has 1 heterocycles. The Balaban J connectivity index is 1.88. The van der Waals surface area contributed by atoms with Crippen molar-refractivity contribution in [3.05, 3.63) is 64.2 Å². The average Bonchev–Trinajstić information content (AvgIpc) is 2.76. The number of aromatic hydroxyl groups is 1. The zero-order valence-electron chi connectivity index (χ0n) is 16.9. The number of aliphatic hydroxyl groups excluding tert-OH is 3. The Morgan fingerprint density at radius 1 is 1.03 bits per heavy atom. The molecule has 7 nitrogen and oxygen atoms in total. The number of methoxy groups -OCH3 is 1. The van der Waals surface area contributed by atoms with Crippen molar-refractivity contribution in [2.45, 2.75) is 19.7 Å². The van der Waals surface area contributed by atoms with Gasteiger partial charge in [-0.2, -0.15) is 0 Å². The molecular weight excluding hydrogens is 386 g/mol. The average molecular weight is 413 g/mol. The molecule has 0 amide bonds. The van der Waals surface area contributed by atoms with E-state index in [0.29, 0.717) is 36.9 Å². The van der Waals surface area contributed by atoms with Crippen molar-refractivity contribution in [3.8, 4) is 17.2 Å². The second-order valence-corrected chi connectivity index (χ2v) is 6.98. The normalized spacial score (nSPS) is 14.3. The van der Waals surface area contributed by atoms with Crippen LogP contribution in [0.4, 0.5) is 0 Å². The number of phenolic OH excluding ortho intramolecular Hbond substituents is 1. The van der Waals surface area contributed by atoms with Gasteiger partial charge in [0.15, 0.2) is 11.5 Å². The SMILES string of the molecule is COc1cc(/C=C/CO)c(CN2COc3c(CO)cc(/C=C/CO)cc3C2)cc1O. The highest BCUT2D eigenvalue weighted by Gasteiger charge is 2.22. The zero-order valence-corrected chi connectivity index (χ0v) is 16.9. The fourth-order valence-electron chi connectivity index (χ4n) is 3.53. The number of rotatable bonds is 8. The van der Waals surface area contributed by atoms with Crippen LogP contribution in [0.1, 0.15) is 27.8 Å². The predicted octanol–water partition coefficient (Wildman–Crippen LogP) is 2.26. The molecule has 0 fully saturated rings. The minimum absolute atomic E-state index is 0.0472. The summed E-state index contributed by atoms with van der Waals surface area (Å²) >= 11 is 0. The van der Waals surface area contributed by atoms with E-state index in [1.165, 1.54) is 7.11 Å². The maximum atomic E-state index is 10.2. The molecule has 1 aliphatic rings. The minimum atomic E-state index is -0.133. The van der Waals surface area contributed by atoms with Crippen LogP contribution in [0.3, 0.4) is 0 Å². The second kappa shape index (κ2) is 10.3. The Morgan fingerprint density at radius 3 is 2.50 bits per heavy atom. The first-order valence-electron chi connectivity index (χ1n) is 9.66. The Labute approximate surface area is 175 Å². The van der Waals surface area contributed by atoms with Gasteiger partial charge < -0.3 is 29.9 Å². The van der Waals surface area contributed by atoms with E-state index in [1.54, 1.807) is 36.4 Å². The highest BCUT2D eigenvalue weighted by Crippen LogP contribution is 2.34. The third-order valence-corrected chi connectivity index (χ3v) is 4.87. The molecule has 2 aromatic rings. The van der Waals surface area contributed by atoms with E-state index in [4.69, 9.17) is 19.7 Å². The number of hydrogen-bond acceptors (Lipinski definition) is 7. The van der Waals surface area contributed by atoms with E-state index in [1.807, 2.05) is 12.1 Å². The van der Waals surface area contributed by atoms with E-state index in [-0.39, 0.29) is 25.6 Å². The Hall–Kier alpha value is -2.84. The molecule has 3 rings (SSSR count). The van der Waals surface area contributed by atoms with E-state index in [2.05, 4.69) is 4.90 Å². The molecule has 1 aliphatic heterocycles. The Kier molecular flexibility index (Phi) is 7.48. The zero-order chi connectivity index (χ0) is 21.5. The first-order chi connectivity index (χ1) is 14.6. The number of ether oxygens (including phenoxy) is 2. The number of fused-ring (bicyclic) bond motifs is 1. The molecule has 0 aliphatic carbocycles. The summed E-state index contributed by atoms with van der Waals surface area (Å²) in [5.74, 6) is 1.10. The van der Waals surface area contributed by atoms with E-state index >= 15 is 0 Å². The van der Waals surface area contributed by atoms with E-state index in [9.17, 15) is 10.2 Å². The van der Waals surface area contributed by atoms with Crippen molar-refractivity contribution < 1.29 is 29.9 Å². The summed E-state index contributed by atoms with van der Waals surface area (Å²) in [6, 6.07) is 7.22. The molecular formula is C23H27NO6. The number of hydrogen-bond donors (Lipinski definition) is 4. The van der Waals surface area contributed by atoms with Gasteiger partial charge in [-0.3, -0.25) is 4.90 Å². The van der Waals surface area contributed by atoms with Crippen LogP contribution in [0.2, 0.25) is 0 Å². The topological polar surface area (TPSA) is 103 Å². The summed E-state index contributed by atoms with van der Waals surface area (Å²) in [6.07, 6.45) is 6.87. The molecule has 0 aromatic heterocycles. The quantitative estimate of drug-likeness (QED) is 0.526. The van der Waals surface area contributed by atoms with Gasteiger partial charge in [0, 0.05) is 24.2 Å². The molecule has 7 heteroatoms. The van der Waals surface area contributed by atoms with Crippen molar-refractivity contribution in [1.82, 2.24) is 4.90 Å².